The maximum Gasteiger partial charge on any atom is 0.244 e. The van der Waals surface area contributed by atoms with Crippen LogP contribution in [0.25, 0.3) is 0 Å². The van der Waals surface area contributed by atoms with Gasteiger partial charge in [0.2, 0.25) is 10.0 Å². The van der Waals surface area contributed by atoms with Gasteiger partial charge < -0.3 is 4.74 Å². The van der Waals surface area contributed by atoms with Gasteiger partial charge in [0.15, 0.2) is 0 Å². The highest BCUT2D eigenvalue weighted by molar-refractivity contribution is 7.89. The predicted octanol–water partition coefficient (Wildman–Crippen LogP) is 2.56. The molecule has 126 valence electrons. The number of hydrogen-bond acceptors (Lipinski definition) is 4. The number of rotatable bonds is 4. The second kappa shape index (κ2) is 6.18. The van der Waals surface area contributed by atoms with E-state index in [9.17, 15) is 8.42 Å². The SMILES string of the molecule is O=S(=O)(c1cccnc1)N1C[C@@H]2CC[C@H](Oc3ccccc3)[C@@H]2C1. The van der Waals surface area contributed by atoms with Crippen LogP contribution in [0.1, 0.15) is 12.8 Å². The number of fused-ring (bicyclic) bond motifs is 1. The smallest absolute Gasteiger partial charge is 0.244 e. The van der Waals surface area contributed by atoms with Crippen molar-refractivity contribution >= 4 is 10.0 Å². The Balaban J connectivity index is 1.50. The lowest BCUT2D eigenvalue weighted by Crippen LogP contribution is -2.32. The number of para-hydroxylation sites is 1. The van der Waals surface area contributed by atoms with Crippen LogP contribution in [0.5, 0.6) is 5.75 Å². The average molecular weight is 344 g/mol. The molecule has 2 fully saturated rings. The molecule has 4 rings (SSSR count). The second-order valence-electron chi connectivity index (χ2n) is 6.48. The van der Waals surface area contributed by atoms with Crippen LogP contribution in [0.15, 0.2) is 59.8 Å². The van der Waals surface area contributed by atoms with Gasteiger partial charge >= 0.3 is 0 Å². The molecule has 1 aromatic heterocycles. The van der Waals surface area contributed by atoms with E-state index in [-0.39, 0.29) is 16.9 Å². The zero-order chi connectivity index (χ0) is 16.6. The molecule has 0 bridgehead atoms. The van der Waals surface area contributed by atoms with Gasteiger partial charge in [0.05, 0.1) is 0 Å². The average Bonchev–Trinajstić information content (AvgIpc) is 3.19. The molecule has 1 aromatic carbocycles. The summed E-state index contributed by atoms with van der Waals surface area (Å²) in [7, 11) is -3.46. The molecule has 6 heteroatoms. The number of hydrogen-bond donors (Lipinski definition) is 0. The zero-order valence-electron chi connectivity index (χ0n) is 13.3. The number of aromatic nitrogens is 1. The first-order valence-corrected chi connectivity index (χ1v) is 9.70. The van der Waals surface area contributed by atoms with Gasteiger partial charge in [-0.15, -0.1) is 0 Å². The third kappa shape index (κ3) is 2.80. The number of pyridine rings is 1. The predicted molar refractivity (Wildman–Crippen MR) is 90.1 cm³/mol. The van der Waals surface area contributed by atoms with Crippen LogP contribution in [-0.4, -0.2) is 36.9 Å². The topological polar surface area (TPSA) is 59.5 Å². The minimum absolute atomic E-state index is 0.0894. The Bertz CT molecular complexity index is 796. The van der Waals surface area contributed by atoms with Crippen LogP contribution < -0.4 is 4.74 Å². The molecule has 1 saturated heterocycles. The molecule has 0 N–H and O–H groups in total. The van der Waals surface area contributed by atoms with Crippen LogP contribution in [-0.2, 0) is 10.0 Å². The van der Waals surface area contributed by atoms with Crippen molar-refractivity contribution < 1.29 is 13.2 Å². The number of benzene rings is 1. The third-order valence-corrected chi connectivity index (χ3v) is 6.88. The van der Waals surface area contributed by atoms with Crippen molar-refractivity contribution in [3.63, 3.8) is 0 Å². The lowest BCUT2D eigenvalue weighted by atomic mass is 9.99. The molecule has 0 unspecified atom stereocenters. The summed E-state index contributed by atoms with van der Waals surface area (Å²) in [4.78, 5) is 4.20. The summed E-state index contributed by atoms with van der Waals surface area (Å²) in [5.41, 5.74) is 0. The molecule has 1 aliphatic heterocycles. The molecule has 24 heavy (non-hydrogen) atoms. The van der Waals surface area contributed by atoms with E-state index in [0.29, 0.717) is 19.0 Å². The quantitative estimate of drug-likeness (QED) is 0.855. The van der Waals surface area contributed by atoms with Crippen LogP contribution in [0, 0.1) is 11.8 Å². The lowest BCUT2D eigenvalue weighted by Gasteiger charge is -2.22. The van der Waals surface area contributed by atoms with Crippen molar-refractivity contribution in [2.24, 2.45) is 11.8 Å². The fraction of sp³-hybridized carbons (Fsp3) is 0.389. The van der Waals surface area contributed by atoms with Crippen molar-refractivity contribution in [3.05, 3.63) is 54.9 Å². The monoisotopic (exact) mass is 344 g/mol. The molecule has 2 aromatic rings. The molecule has 0 spiro atoms. The van der Waals surface area contributed by atoms with Crippen LogP contribution >= 0.6 is 0 Å². The largest absolute Gasteiger partial charge is 0.490 e. The Morgan fingerprint density at radius 3 is 2.62 bits per heavy atom. The first kappa shape index (κ1) is 15.6. The van der Waals surface area contributed by atoms with Crippen molar-refractivity contribution in [1.82, 2.24) is 9.29 Å². The van der Waals surface area contributed by atoms with Crippen molar-refractivity contribution in [2.75, 3.05) is 13.1 Å². The van der Waals surface area contributed by atoms with E-state index in [4.69, 9.17) is 4.74 Å². The summed E-state index contributed by atoms with van der Waals surface area (Å²) in [6.45, 7) is 1.11. The van der Waals surface area contributed by atoms with Crippen molar-refractivity contribution in [2.45, 2.75) is 23.8 Å². The minimum Gasteiger partial charge on any atom is -0.490 e. The van der Waals surface area contributed by atoms with E-state index in [1.165, 1.54) is 6.20 Å². The third-order valence-electron chi connectivity index (χ3n) is 5.06. The summed E-state index contributed by atoms with van der Waals surface area (Å²) in [5.74, 6) is 1.50. The van der Waals surface area contributed by atoms with E-state index in [1.54, 1.807) is 22.6 Å². The van der Waals surface area contributed by atoms with Crippen LogP contribution in [0.3, 0.4) is 0 Å². The molecule has 5 nitrogen and oxygen atoms in total. The minimum atomic E-state index is -3.46. The summed E-state index contributed by atoms with van der Waals surface area (Å²) < 4.78 is 33.3. The highest BCUT2D eigenvalue weighted by Crippen LogP contribution is 2.41. The van der Waals surface area contributed by atoms with Crippen LogP contribution in [0.4, 0.5) is 0 Å². The maximum atomic E-state index is 12.8. The van der Waals surface area contributed by atoms with Gasteiger partial charge in [0, 0.05) is 31.4 Å². The molecule has 0 radical (unpaired) electrons. The molecule has 2 heterocycles. The highest BCUT2D eigenvalue weighted by Gasteiger charge is 2.47. The van der Waals surface area contributed by atoms with Gasteiger partial charge in [-0.05, 0) is 43.0 Å². The van der Waals surface area contributed by atoms with Gasteiger partial charge in [-0.25, -0.2) is 8.42 Å². The normalized spacial score (nSPS) is 27.1. The standard InChI is InChI=1S/C18H20N2O3S/c21-24(22,16-7-4-10-19-11-16)20-12-14-8-9-18(17(14)13-20)23-15-5-2-1-3-6-15/h1-7,10-11,14,17-18H,8-9,12-13H2/t14-,17+,18-/m0/s1. The number of ether oxygens (including phenoxy) is 1. The summed E-state index contributed by atoms with van der Waals surface area (Å²) >= 11 is 0. The fourth-order valence-electron chi connectivity index (χ4n) is 3.84. The van der Waals surface area contributed by atoms with Gasteiger partial charge in [-0.1, -0.05) is 18.2 Å². The van der Waals surface area contributed by atoms with E-state index in [2.05, 4.69) is 4.98 Å². The second-order valence-corrected chi connectivity index (χ2v) is 8.42. The Morgan fingerprint density at radius 1 is 1.04 bits per heavy atom. The lowest BCUT2D eigenvalue weighted by molar-refractivity contribution is 0.155. The molecular formula is C18H20N2O3S. The van der Waals surface area contributed by atoms with E-state index in [1.807, 2.05) is 30.3 Å². The van der Waals surface area contributed by atoms with Gasteiger partial charge in [0.1, 0.15) is 16.7 Å². The van der Waals surface area contributed by atoms with Gasteiger partial charge in [-0.2, -0.15) is 4.31 Å². The van der Waals surface area contributed by atoms with Crippen molar-refractivity contribution in [1.29, 1.82) is 0 Å². The highest BCUT2D eigenvalue weighted by atomic mass is 32.2. The van der Waals surface area contributed by atoms with Gasteiger partial charge in [0.25, 0.3) is 0 Å². The fourth-order valence-corrected chi connectivity index (χ4v) is 5.34. The van der Waals surface area contributed by atoms with E-state index < -0.39 is 10.0 Å². The summed E-state index contributed by atoms with van der Waals surface area (Å²) in [6, 6.07) is 13.0. The summed E-state index contributed by atoms with van der Waals surface area (Å²) in [6.07, 6.45) is 5.10. The number of nitrogens with zero attached hydrogens (tertiary/aromatic N) is 2. The molecule has 3 atom stereocenters. The Kier molecular flexibility index (Phi) is 4.02. The molecule has 2 aliphatic rings. The first-order chi connectivity index (χ1) is 11.6. The Hall–Kier alpha value is -1.92. The van der Waals surface area contributed by atoms with Gasteiger partial charge in [-0.3, -0.25) is 4.98 Å². The van der Waals surface area contributed by atoms with E-state index in [0.717, 1.165) is 18.6 Å². The number of sulfonamides is 1. The Morgan fingerprint density at radius 2 is 1.88 bits per heavy atom. The Labute approximate surface area is 142 Å². The molecule has 1 saturated carbocycles. The van der Waals surface area contributed by atoms with Crippen LogP contribution in [0.2, 0.25) is 0 Å². The molecular weight excluding hydrogens is 324 g/mol. The summed E-state index contributed by atoms with van der Waals surface area (Å²) in [5, 5.41) is 0. The van der Waals surface area contributed by atoms with Crippen molar-refractivity contribution in [3.8, 4) is 5.75 Å². The first-order valence-electron chi connectivity index (χ1n) is 8.26. The molecule has 0 amide bonds. The maximum absolute atomic E-state index is 12.8. The molecule has 1 aliphatic carbocycles. The van der Waals surface area contributed by atoms with E-state index >= 15 is 0 Å². The zero-order valence-corrected chi connectivity index (χ0v) is 14.1.